The highest BCUT2D eigenvalue weighted by Crippen LogP contribution is 2.31. The van der Waals surface area contributed by atoms with Crippen LogP contribution in [0.1, 0.15) is 17.0 Å². The molecule has 0 amide bonds. The molecule has 96 valence electrons. The maximum absolute atomic E-state index is 5.03. The molecule has 0 saturated carbocycles. The van der Waals surface area contributed by atoms with Crippen LogP contribution < -0.4 is 0 Å². The van der Waals surface area contributed by atoms with Gasteiger partial charge in [0.15, 0.2) is 4.34 Å². The van der Waals surface area contributed by atoms with Gasteiger partial charge in [-0.15, -0.1) is 0 Å². The Morgan fingerprint density at radius 1 is 1.33 bits per heavy atom. The molecule has 0 aliphatic carbocycles. The summed E-state index contributed by atoms with van der Waals surface area (Å²) in [6, 6.07) is 6.46. The average molecular weight is 280 g/mol. The van der Waals surface area contributed by atoms with Gasteiger partial charge in [-0.2, -0.15) is 4.37 Å². The van der Waals surface area contributed by atoms with Gasteiger partial charge in [-0.25, -0.2) is 4.98 Å². The van der Waals surface area contributed by atoms with Crippen LogP contribution in [0.25, 0.3) is 0 Å². The Morgan fingerprint density at radius 2 is 2.17 bits per heavy atom. The van der Waals surface area contributed by atoms with E-state index in [1.807, 2.05) is 0 Å². The Bertz CT molecular complexity index is 525. The van der Waals surface area contributed by atoms with Crippen LogP contribution in [0.4, 0.5) is 0 Å². The van der Waals surface area contributed by atoms with Crippen LogP contribution in [0.2, 0.25) is 0 Å². The zero-order valence-corrected chi connectivity index (χ0v) is 12.4. The van der Waals surface area contributed by atoms with Crippen LogP contribution in [0, 0.1) is 13.8 Å². The highest BCUT2D eigenvalue weighted by Gasteiger charge is 2.07. The maximum Gasteiger partial charge on any atom is 0.174 e. The number of aromatic nitrogens is 2. The minimum absolute atomic E-state index is 0.671. The monoisotopic (exact) mass is 280 g/mol. The molecule has 1 heterocycles. The van der Waals surface area contributed by atoms with E-state index in [9.17, 15) is 0 Å². The van der Waals surface area contributed by atoms with E-state index in [-0.39, 0.29) is 0 Å². The SMILES string of the molecule is COCCc1nsc(Sc2cc(C)ccc2C)n1. The first-order chi connectivity index (χ1) is 8.69. The van der Waals surface area contributed by atoms with Crippen molar-refractivity contribution in [3.63, 3.8) is 0 Å². The third-order valence-electron chi connectivity index (χ3n) is 2.52. The normalized spacial score (nSPS) is 10.8. The molecular weight excluding hydrogens is 264 g/mol. The molecule has 18 heavy (non-hydrogen) atoms. The molecule has 0 N–H and O–H groups in total. The van der Waals surface area contributed by atoms with Crippen LogP contribution in [-0.4, -0.2) is 23.1 Å². The second-order valence-electron chi connectivity index (χ2n) is 4.09. The minimum Gasteiger partial charge on any atom is -0.384 e. The lowest BCUT2D eigenvalue weighted by atomic mass is 10.2. The summed E-state index contributed by atoms with van der Waals surface area (Å²) >= 11 is 3.14. The molecule has 0 atom stereocenters. The Labute approximate surface area is 116 Å². The minimum atomic E-state index is 0.671. The smallest absolute Gasteiger partial charge is 0.174 e. The summed E-state index contributed by atoms with van der Waals surface area (Å²) in [4.78, 5) is 5.76. The summed E-state index contributed by atoms with van der Waals surface area (Å²) in [6.07, 6.45) is 0.778. The van der Waals surface area contributed by atoms with Crippen molar-refractivity contribution in [2.45, 2.75) is 29.5 Å². The van der Waals surface area contributed by atoms with E-state index < -0.39 is 0 Å². The lowest BCUT2D eigenvalue weighted by molar-refractivity contribution is 0.200. The molecule has 0 radical (unpaired) electrons. The molecule has 0 aliphatic heterocycles. The number of hydrogen-bond acceptors (Lipinski definition) is 5. The molecule has 3 nitrogen and oxygen atoms in total. The van der Waals surface area contributed by atoms with Gasteiger partial charge < -0.3 is 4.74 Å². The van der Waals surface area contributed by atoms with Crippen molar-refractivity contribution in [3.8, 4) is 0 Å². The number of aryl methyl sites for hydroxylation is 2. The fraction of sp³-hybridized carbons (Fsp3) is 0.385. The Balaban J connectivity index is 2.08. The standard InChI is InChI=1S/C13H16N2OS2/c1-9-4-5-10(2)11(8-9)17-13-14-12(15-18-13)6-7-16-3/h4-5,8H,6-7H2,1-3H3. The molecule has 0 unspecified atom stereocenters. The summed E-state index contributed by atoms with van der Waals surface area (Å²) < 4.78 is 10.4. The molecule has 0 fully saturated rings. The fourth-order valence-electron chi connectivity index (χ4n) is 1.49. The summed E-state index contributed by atoms with van der Waals surface area (Å²) in [7, 11) is 1.69. The molecule has 0 spiro atoms. The molecule has 2 rings (SSSR count). The first-order valence-electron chi connectivity index (χ1n) is 5.75. The van der Waals surface area contributed by atoms with Crippen LogP contribution in [0.5, 0.6) is 0 Å². The van der Waals surface area contributed by atoms with E-state index in [1.165, 1.54) is 27.6 Å². The van der Waals surface area contributed by atoms with Gasteiger partial charge >= 0.3 is 0 Å². The fourth-order valence-corrected chi connectivity index (χ4v) is 3.29. The van der Waals surface area contributed by atoms with E-state index in [2.05, 4.69) is 41.4 Å². The number of ether oxygens (including phenoxy) is 1. The van der Waals surface area contributed by atoms with Gasteiger partial charge in [0, 0.05) is 18.4 Å². The summed E-state index contributed by atoms with van der Waals surface area (Å²) in [5.41, 5.74) is 2.55. The molecule has 1 aromatic carbocycles. The van der Waals surface area contributed by atoms with Crippen LogP contribution in [0.15, 0.2) is 27.4 Å². The van der Waals surface area contributed by atoms with Gasteiger partial charge in [-0.05, 0) is 42.6 Å². The topological polar surface area (TPSA) is 35.0 Å². The van der Waals surface area contributed by atoms with Crippen molar-refractivity contribution in [2.75, 3.05) is 13.7 Å². The predicted octanol–water partition coefficient (Wildman–Crippen LogP) is 3.50. The van der Waals surface area contributed by atoms with E-state index in [1.54, 1.807) is 18.9 Å². The number of hydrogen-bond donors (Lipinski definition) is 0. The quantitative estimate of drug-likeness (QED) is 0.839. The van der Waals surface area contributed by atoms with Crippen molar-refractivity contribution in [2.24, 2.45) is 0 Å². The molecule has 1 aromatic heterocycles. The van der Waals surface area contributed by atoms with E-state index in [0.717, 1.165) is 16.6 Å². The highest BCUT2D eigenvalue weighted by atomic mass is 32.2. The molecule has 0 saturated heterocycles. The van der Waals surface area contributed by atoms with E-state index in [4.69, 9.17) is 4.74 Å². The van der Waals surface area contributed by atoms with Crippen LogP contribution in [-0.2, 0) is 11.2 Å². The van der Waals surface area contributed by atoms with Gasteiger partial charge in [-0.1, -0.05) is 23.9 Å². The average Bonchev–Trinajstić information content (AvgIpc) is 2.79. The van der Waals surface area contributed by atoms with Crippen molar-refractivity contribution in [1.82, 2.24) is 9.36 Å². The Kier molecular flexibility index (Phi) is 4.74. The second kappa shape index (κ2) is 6.31. The zero-order valence-electron chi connectivity index (χ0n) is 10.8. The first-order valence-corrected chi connectivity index (χ1v) is 7.34. The van der Waals surface area contributed by atoms with E-state index >= 15 is 0 Å². The summed E-state index contributed by atoms with van der Waals surface area (Å²) in [5, 5.41) is 0. The van der Waals surface area contributed by atoms with Gasteiger partial charge in [0.1, 0.15) is 5.82 Å². The van der Waals surface area contributed by atoms with Crippen LogP contribution >= 0.6 is 23.3 Å². The number of methoxy groups -OCH3 is 1. The largest absolute Gasteiger partial charge is 0.384 e. The number of rotatable bonds is 5. The Hall–Kier alpha value is -0.910. The van der Waals surface area contributed by atoms with Crippen molar-refractivity contribution in [1.29, 1.82) is 0 Å². The Morgan fingerprint density at radius 3 is 2.94 bits per heavy atom. The summed E-state index contributed by atoms with van der Waals surface area (Å²) in [6.45, 7) is 4.90. The van der Waals surface area contributed by atoms with Gasteiger partial charge in [0.2, 0.25) is 0 Å². The lowest BCUT2D eigenvalue weighted by Gasteiger charge is -2.03. The molecule has 2 aromatic rings. The molecule has 5 heteroatoms. The maximum atomic E-state index is 5.03. The van der Waals surface area contributed by atoms with Crippen molar-refractivity contribution >= 4 is 23.3 Å². The van der Waals surface area contributed by atoms with Crippen molar-refractivity contribution < 1.29 is 4.74 Å². The molecule has 0 aliphatic rings. The van der Waals surface area contributed by atoms with Gasteiger partial charge in [0.25, 0.3) is 0 Å². The van der Waals surface area contributed by atoms with Crippen LogP contribution in [0.3, 0.4) is 0 Å². The predicted molar refractivity (Wildman–Crippen MR) is 75.5 cm³/mol. The number of benzene rings is 1. The third-order valence-corrected chi connectivity index (χ3v) is 4.47. The van der Waals surface area contributed by atoms with Gasteiger partial charge in [-0.3, -0.25) is 0 Å². The second-order valence-corrected chi connectivity index (χ2v) is 6.13. The number of nitrogens with zero attached hydrogens (tertiary/aromatic N) is 2. The van der Waals surface area contributed by atoms with E-state index in [0.29, 0.717) is 6.61 Å². The zero-order chi connectivity index (χ0) is 13.0. The highest BCUT2D eigenvalue weighted by molar-refractivity contribution is 8.01. The third kappa shape index (κ3) is 3.54. The lowest BCUT2D eigenvalue weighted by Crippen LogP contribution is -1.95. The summed E-state index contributed by atoms with van der Waals surface area (Å²) in [5.74, 6) is 0.870. The van der Waals surface area contributed by atoms with Crippen molar-refractivity contribution in [3.05, 3.63) is 35.2 Å². The first kappa shape index (κ1) is 13.5. The van der Waals surface area contributed by atoms with Gasteiger partial charge in [0.05, 0.1) is 6.61 Å². The molecule has 0 bridgehead atoms. The molecular formula is C13H16N2OS2.